The molecule has 0 bridgehead atoms. The highest BCUT2D eigenvalue weighted by atomic mass is 35.5. The maximum atomic E-state index is 15.1. The van der Waals surface area contributed by atoms with Crippen molar-refractivity contribution in [2.75, 3.05) is 67.7 Å². The van der Waals surface area contributed by atoms with Crippen LogP contribution in [0.25, 0.3) is 43.6 Å². The van der Waals surface area contributed by atoms with Crippen molar-refractivity contribution < 1.29 is 37.6 Å². The van der Waals surface area contributed by atoms with Gasteiger partial charge < -0.3 is 48.6 Å². The van der Waals surface area contributed by atoms with Gasteiger partial charge in [-0.1, -0.05) is 19.0 Å². The van der Waals surface area contributed by atoms with Crippen molar-refractivity contribution in [3.63, 3.8) is 0 Å². The van der Waals surface area contributed by atoms with E-state index in [-0.39, 0.29) is 24.8 Å². The van der Waals surface area contributed by atoms with E-state index in [2.05, 4.69) is 53.8 Å². The fraction of sp³-hybridized carbons (Fsp3) is 0.396. The quantitative estimate of drug-likeness (QED) is 0.0998. The van der Waals surface area contributed by atoms with Crippen LogP contribution in [-0.4, -0.2) is 113 Å². The summed E-state index contributed by atoms with van der Waals surface area (Å²) in [7, 11) is 7.57. The average Bonchev–Trinajstić information content (AvgIpc) is 3.94. The molecule has 70 heavy (non-hydrogen) atoms. The van der Waals surface area contributed by atoms with E-state index in [1.54, 1.807) is 50.6 Å². The molecule has 2 aliphatic rings. The first-order chi connectivity index (χ1) is 33.4. The average molecular weight is 982 g/mol. The summed E-state index contributed by atoms with van der Waals surface area (Å²) in [5, 5.41) is 11.8. The van der Waals surface area contributed by atoms with E-state index in [0.29, 0.717) is 74.5 Å². The van der Waals surface area contributed by atoms with Crippen LogP contribution >= 0.6 is 11.6 Å². The van der Waals surface area contributed by atoms with Gasteiger partial charge in [0, 0.05) is 50.7 Å². The van der Waals surface area contributed by atoms with Gasteiger partial charge in [-0.25, -0.2) is 28.7 Å². The van der Waals surface area contributed by atoms with Crippen LogP contribution in [0.4, 0.5) is 8.78 Å². The molecule has 2 aliphatic heterocycles. The van der Waals surface area contributed by atoms with Gasteiger partial charge in [-0.05, 0) is 153 Å². The first-order valence-corrected chi connectivity index (χ1v) is 23.6. The number of nitrogens with one attached hydrogen (secondary N) is 2. The van der Waals surface area contributed by atoms with Gasteiger partial charge in [0.05, 0.1) is 43.9 Å². The normalized spacial score (nSPS) is 14.7. The Bertz CT molecular complexity index is 3030. The van der Waals surface area contributed by atoms with Crippen molar-refractivity contribution in [2.24, 2.45) is 11.8 Å². The molecule has 0 atom stereocenters. The molecule has 0 radical (unpaired) electrons. The van der Waals surface area contributed by atoms with Crippen molar-refractivity contribution in [1.29, 1.82) is 0 Å². The number of aromatic nitrogens is 6. The van der Waals surface area contributed by atoms with Crippen LogP contribution in [0.15, 0.2) is 73.3 Å². The maximum absolute atomic E-state index is 15.1. The number of nitrogens with zero attached hydrogens (tertiary/aromatic N) is 6. The number of piperidine rings is 2. The van der Waals surface area contributed by atoms with Gasteiger partial charge in [0.2, 0.25) is 5.88 Å². The molecule has 0 spiro atoms. The molecule has 8 aromatic rings. The molecular formula is C53H63ClF2N8O6. The SMILES string of the molecule is C.COc1cc2c(Cl)ncnc2cc1OCCC1CCN(C)CC1.COc1cc2c(Oc3ccc4[nH]c(C)cc4c3F)ncnc2cc1OCCC1CCN(C)CC1.Cc1cc2c(F)c(O)ccc2[nH]1. The Morgan fingerprint density at radius 2 is 1.10 bits per heavy atom. The Balaban J connectivity index is 0.000000172. The molecule has 0 amide bonds. The Hall–Kier alpha value is -6.49. The number of fused-ring (bicyclic) bond motifs is 4. The van der Waals surface area contributed by atoms with Crippen LogP contribution in [-0.2, 0) is 0 Å². The minimum absolute atomic E-state index is 0. The molecule has 10 rings (SSSR count). The molecule has 6 heterocycles. The number of benzene rings is 4. The summed E-state index contributed by atoms with van der Waals surface area (Å²) in [4.78, 5) is 27.7. The van der Waals surface area contributed by atoms with E-state index >= 15 is 4.39 Å². The second-order valence-corrected chi connectivity index (χ2v) is 18.2. The van der Waals surface area contributed by atoms with Crippen molar-refractivity contribution in [3.8, 4) is 40.4 Å². The fourth-order valence-electron chi connectivity index (χ4n) is 8.84. The number of halogens is 3. The fourth-order valence-corrected chi connectivity index (χ4v) is 9.03. The van der Waals surface area contributed by atoms with Crippen molar-refractivity contribution >= 4 is 55.2 Å². The standard InChI is InChI=1S/C26H29FN4O3.C17H22ClN3O2.C9H8FNO.CH4/c1-16-12-18-20(30-16)4-5-22(25(18)27)34-26-19-13-23(32-3)24(14-21(19)28-15-29-26)33-11-8-17-6-9-31(2)10-7-17;1-21-6-3-12(4-7-21)5-8-23-16-10-14-13(9-15(16)22-2)17(18)20-11-19-14;1-5-4-6-7(11-5)2-3-8(12)9(6)10;/h4-5,12-15,17,30H,6-11H2,1-3H3;9-12H,3-8H2,1-2H3;2-4,11-12H,1H3;1H4. The summed E-state index contributed by atoms with van der Waals surface area (Å²) in [6.07, 6.45) is 9.84. The van der Waals surface area contributed by atoms with Crippen molar-refractivity contribution in [2.45, 2.75) is 59.8 Å². The lowest BCUT2D eigenvalue weighted by molar-refractivity contribution is 0.185. The highest BCUT2D eigenvalue weighted by Crippen LogP contribution is 2.38. The summed E-state index contributed by atoms with van der Waals surface area (Å²) in [6, 6.07) is 17.1. The Morgan fingerprint density at radius 3 is 1.64 bits per heavy atom. The van der Waals surface area contributed by atoms with Gasteiger partial charge >= 0.3 is 0 Å². The molecule has 3 N–H and O–H groups in total. The number of phenols is 1. The third kappa shape index (κ3) is 12.3. The summed E-state index contributed by atoms with van der Waals surface area (Å²) in [5.74, 6) is 3.05. The number of phenolic OH excluding ortho intramolecular Hbond substituents is 1. The van der Waals surface area contributed by atoms with Crippen LogP contribution in [0, 0.1) is 37.3 Å². The third-order valence-corrected chi connectivity index (χ3v) is 13.2. The summed E-state index contributed by atoms with van der Waals surface area (Å²) in [6.45, 7) is 9.68. The van der Waals surface area contributed by atoms with Crippen LogP contribution < -0.4 is 23.7 Å². The van der Waals surface area contributed by atoms with Crippen LogP contribution in [0.2, 0.25) is 5.15 Å². The number of hydrogen-bond acceptors (Lipinski definition) is 12. The van der Waals surface area contributed by atoms with Crippen LogP contribution in [0.5, 0.6) is 40.4 Å². The molecule has 372 valence electrons. The van der Waals surface area contributed by atoms with Crippen LogP contribution in [0.1, 0.15) is 57.3 Å². The lowest BCUT2D eigenvalue weighted by Crippen LogP contribution is -2.30. The Kier molecular flexibility index (Phi) is 17.2. The minimum Gasteiger partial charge on any atom is -0.505 e. The summed E-state index contributed by atoms with van der Waals surface area (Å²) >= 11 is 6.10. The smallest absolute Gasteiger partial charge is 0.230 e. The molecule has 17 heteroatoms. The van der Waals surface area contributed by atoms with Gasteiger partial charge in [0.1, 0.15) is 17.8 Å². The predicted octanol–water partition coefficient (Wildman–Crippen LogP) is 11.8. The van der Waals surface area contributed by atoms with E-state index in [1.807, 2.05) is 32.0 Å². The minimum atomic E-state index is -0.558. The van der Waals surface area contributed by atoms with Gasteiger partial charge in [-0.15, -0.1) is 0 Å². The molecule has 2 fully saturated rings. The molecular weight excluding hydrogens is 918 g/mol. The number of aromatic hydroxyl groups is 1. The Labute approximate surface area is 412 Å². The maximum Gasteiger partial charge on any atom is 0.230 e. The molecule has 0 unspecified atom stereocenters. The second kappa shape index (κ2) is 23.4. The summed E-state index contributed by atoms with van der Waals surface area (Å²) < 4.78 is 57.2. The number of rotatable bonds is 12. The third-order valence-electron chi connectivity index (χ3n) is 12.9. The number of aryl methyl sites for hydroxylation is 2. The van der Waals surface area contributed by atoms with Gasteiger partial charge in [0.15, 0.2) is 46.1 Å². The predicted molar refractivity (Wildman–Crippen MR) is 272 cm³/mol. The highest BCUT2D eigenvalue weighted by Gasteiger charge is 2.20. The van der Waals surface area contributed by atoms with Crippen molar-refractivity contribution in [1.82, 2.24) is 39.7 Å². The van der Waals surface area contributed by atoms with Gasteiger partial charge in [0.25, 0.3) is 0 Å². The van der Waals surface area contributed by atoms with Crippen molar-refractivity contribution in [3.05, 3.63) is 101 Å². The lowest BCUT2D eigenvalue weighted by Gasteiger charge is -2.28. The molecule has 4 aromatic carbocycles. The van der Waals surface area contributed by atoms with E-state index in [4.69, 9.17) is 40.4 Å². The zero-order valence-corrected chi connectivity index (χ0v) is 40.6. The molecule has 4 aromatic heterocycles. The number of likely N-dealkylation sites (tertiary alicyclic amines) is 2. The zero-order valence-electron chi connectivity index (χ0n) is 39.9. The lowest BCUT2D eigenvalue weighted by atomic mass is 9.94. The number of ether oxygens (including phenoxy) is 5. The monoisotopic (exact) mass is 980 g/mol. The number of hydrogen-bond donors (Lipinski definition) is 3. The van der Waals surface area contributed by atoms with Gasteiger partial charge in [-0.3, -0.25) is 0 Å². The topological polar surface area (TPSA) is 156 Å². The number of aromatic amines is 2. The first kappa shape index (κ1) is 51.4. The van der Waals surface area contributed by atoms with E-state index in [9.17, 15) is 4.39 Å². The van der Waals surface area contributed by atoms with E-state index in [1.165, 1.54) is 57.5 Å². The van der Waals surface area contributed by atoms with Crippen LogP contribution in [0.3, 0.4) is 0 Å². The number of methoxy groups -OCH3 is 2. The van der Waals surface area contributed by atoms with E-state index < -0.39 is 11.6 Å². The molecule has 14 nitrogen and oxygen atoms in total. The zero-order chi connectivity index (χ0) is 48.6. The Morgan fingerprint density at radius 1 is 0.614 bits per heavy atom. The largest absolute Gasteiger partial charge is 0.505 e. The molecule has 2 saturated heterocycles. The molecule has 0 saturated carbocycles. The van der Waals surface area contributed by atoms with Gasteiger partial charge in [-0.2, -0.15) is 0 Å². The second-order valence-electron chi connectivity index (χ2n) is 17.9. The number of H-pyrrole nitrogens is 2. The highest BCUT2D eigenvalue weighted by molar-refractivity contribution is 6.34. The van der Waals surface area contributed by atoms with E-state index in [0.717, 1.165) is 59.7 Å². The molecule has 0 aliphatic carbocycles. The summed E-state index contributed by atoms with van der Waals surface area (Å²) in [5.41, 5.74) is 4.60. The first-order valence-electron chi connectivity index (χ1n) is 23.2.